The van der Waals surface area contributed by atoms with E-state index in [-0.39, 0.29) is 22.0 Å². The maximum absolute atomic E-state index is 14.9. The molecule has 2 aromatic carbocycles. The molecule has 0 fully saturated rings. The number of rotatable bonds is 6. The molecule has 8 heteroatoms. The van der Waals surface area contributed by atoms with E-state index in [9.17, 15) is 13.2 Å². The predicted molar refractivity (Wildman–Crippen MR) is 152 cm³/mol. The van der Waals surface area contributed by atoms with Gasteiger partial charge in [0.1, 0.15) is 10.6 Å². The first-order valence-electron chi connectivity index (χ1n) is 12.7. The van der Waals surface area contributed by atoms with Crippen molar-refractivity contribution in [3.8, 4) is 22.5 Å². The molecule has 0 unspecified atom stereocenters. The van der Waals surface area contributed by atoms with E-state index in [1.807, 2.05) is 72.8 Å². The van der Waals surface area contributed by atoms with Crippen molar-refractivity contribution in [1.82, 2.24) is 19.9 Å². The molecule has 0 bridgehead atoms. The fourth-order valence-corrected chi connectivity index (χ4v) is 5.20. The Kier molecular flexibility index (Phi) is 7.03. The summed E-state index contributed by atoms with van der Waals surface area (Å²) in [5, 5.41) is 0.0360. The molecule has 0 aliphatic rings. The van der Waals surface area contributed by atoms with Crippen molar-refractivity contribution in [3.63, 3.8) is 0 Å². The number of hydrogen-bond acceptors (Lipinski definition) is 4. The standard InChI is InChI=1S/C33H20ClF3N4/c34-29-19-17-23(31(36)40-29)25-13-7-15-27(38-25)33(21-9-3-1-4-10-21,22-11-5-2-6-12-22)28-16-8-14-26(39-28)24-18-20-30(35)41-32(24)37/h1-20H. The molecule has 0 saturated heterocycles. The third-order valence-corrected chi connectivity index (χ3v) is 7.07. The molecular weight excluding hydrogens is 545 g/mol. The molecule has 200 valence electrons. The van der Waals surface area contributed by atoms with Crippen LogP contribution in [0, 0.1) is 17.8 Å². The van der Waals surface area contributed by atoms with Gasteiger partial charge in [-0.2, -0.15) is 18.2 Å². The number of aromatic nitrogens is 4. The average molecular weight is 565 g/mol. The van der Waals surface area contributed by atoms with Crippen LogP contribution >= 0.6 is 11.6 Å². The molecule has 0 aliphatic carbocycles. The summed E-state index contributed by atoms with van der Waals surface area (Å²) in [5.74, 6) is -2.63. The van der Waals surface area contributed by atoms with Crippen LogP contribution in [-0.4, -0.2) is 19.9 Å². The van der Waals surface area contributed by atoms with Gasteiger partial charge in [0.25, 0.3) is 0 Å². The average Bonchev–Trinajstić information content (AvgIpc) is 2.99. The van der Waals surface area contributed by atoms with Crippen molar-refractivity contribution in [2.75, 3.05) is 0 Å². The van der Waals surface area contributed by atoms with Crippen LogP contribution in [-0.2, 0) is 5.41 Å². The monoisotopic (exact) mass is 564 g/mol. The Morgan fingerprint density at radius 3 is 1.44 bits per heavy atom. The highest BCUT2D eigenvalue weighted by molar-refractivity contribution is 6.29. The number of pyridine rings is 4. The summed E-state index contributed by atoms with van der Waals surface area (Å²) in [6.07, 6.45) is 0. The molecule has 0 spiro atoms. The third kappa shape index (κ3) is 4.85. The molecule has 6 aromatic rings. The fourth-order valence-electron chi connectivity index (χ4n) is 5.06. The SMILES string of the molecule is Fc1ccc(-c2cccc(C(c3ccccc3)(c3ccccc3)c3cccc(-c4ccc(Cl)nc4F)n3)n2)c(F)n1. The lowest BCUT2D eigenvalue weighted by atomic mass is 9.69. The topological polar surface area (TPSA) is 51.6 Å². The number of hydrogen-bond donors (Lipinski definition) is 0. The maximum Gasteiger partial charge on any atom is 0.224 e. The summed E-state index contributed by atoms with van der Waals surface area (Å²) < 4.78 is 43.3. The summed E-state index contributed by atoms with van der Waals surface area (Å²) >= 11 is 5.90. The minimum Gasteiger partial charge on any atom is -0.251 e. The first-order valence-corrected chi connectivity index (χ1v) is 13.1. The molecule has 0 radical (unpaired) electrons. The second-order valence-electron chi connectivity index (χ2n) is 9.24. The Bertz CT molecular complexity index is 1710. The van der Waals surface area contributed by atoms with E-state index in [4.69, 9.17) is 21.6 Å². The van der Waals surface area contributed by atoms with Gasteiger partial charge in [0, 0.05) is 0 Å². The zero-order chi connectivity index (χ0) is 28.4. The summed E-state index contributed by atoms with van der Waals surface area (Å²) in [6.45, 7) is 0. The highest BCUT2D eigenvalue weighted by Gasteiger charge is 2.41. The first-order chi connectivity index (χ1) is 20.0. The zero-order valence-corrected chi connectivity index (χ0v) is 22.1. The summed E-state index contributed by atoms with van der Waals surface area (Å²) in [5.41, 5.74) is 2.47. The van der Waals surface area contributed by atoms with Gasteiger partial charge in [0.15, 0.2) is 0 Å². The lowest BCUT2D eigenvalue weighted by Crippen LogP contribution is -2.33. The van der Waals surface area contributed by atoms with Crippen LogP contribution in [0.4, 0.5) is 13.2 Å². The number of nitrogens with zero attached hydrogens (tertiary/aromatic N) is 4. The molecule has 0 amide bonds. The molecule has 0 atom stereocenters. The van der Waals surface area contributed by atoms with E-state index in [0.717, 1.165) is 17.2 Å². The summed E-state index contributed by atoms with van der Waals surface area (Å²) in [6, 6.07) is 35.3. The largest absolute Gasteiger partial charge is 0.251 e. The Balaban J connectivity index is 1.67. The van der Waals surface area contributed by atoms with E-state index in [1.165, 1.54) is 18.2 Å². The molecule has 4 aromatic heterocycles. The first kappa shape index (κ1) is 26.3. The Morgan fingerprint density at radius 2 is 0.951 bits per heavy atom. The molecule has 41 heavy (non-hydrogen) atoms. The smallest absolute Gasteiger partial charge is 0.224 e. The van der Waals surface area contributed by atoms with Crippen molar-refractivity contribution in [2.24, 2.45) is 0 Å². The lowest BCUT2D eigenvalue weighted by molar-refractivity contribution is 0.515. The van der Waals surface area contributed by atoms with Gasteiger partial charge in [-0.15, -0.1) is 0 Å². The summed E-state index contributed by atoms with van der Waals surface area (Å²) in [7, 11) is 0. The van der Waals surface area contributed by atoms with Crippen molar-refractivity contribution in [1.29, 1.82) is 0 Å². The molecule has 4 heterocycles. The number of benzene rings is 2. The Labute approximate surface area is 239 Å². The summed E-state index contributed by atoms with van der Waals surface area (Å²) in [4.78, 5) is 17.0. The van der Waals surface area contributed by atoms with Crippen LogP contribution < -0.4 is 0 Å². The van der Waals surface area contributed by atoms with Crippen LogP contribution in [0.5, 0.6) is 0 Å². The van der Waals surface area contributed by atoms with E-state index < -0.39 is 23.3 Å². The normalized spacial score (nSPS) is 11.4. The van der Waals surface area contributed by atoms with Crippen LogP contribution in [0.3, 0.4) is 0 Å². The molecule has 0 saturated carbocycles. The van der Waals surface area contributed by atoms with Gasteiger partial charge in [-0.05, 0) is 59.7 Å². The van der Waals surface area contributed by atoms with Gasteiger partial charge >= 0.3 is 0 Å². The second-order valence-corrected chi connectivity index (χ2v) is 9.63. The molecular formula is C33H20ClF3N4. The lowest BCUT2D eigenvalue weighted by Gasteiger charge is -2.35. The van der Waals surface area contributed by atoms with Crippen molar-refractivity contribution in [2.45, 2.75) is 5.41 Å². The van der Waals surface area contributed by atoms with Crippen LogP contribution in [0.1, 0.15) is 22.5 Å². The highest BCUT2D eigenvalue weighted by Crippen LogP contribution is 2.44. The van der Waals surface area contributed by atoms with Crippen LogP contribution in [0.15, 0.2) is 121 Å². The van der Waals surface area contributed by atoms with Gasteiger partial charge < -0.3 is 0 Å². The van der Waals surface area contributed by atoms with Gasteiger partial charge in [0.05, 0.1) is 33.9 Å². The molecule has 4 nitrogen and oxygen atoms in total. The van der Waals surface area contributed by atoms with E-state index in [0.29, 0.717) is 17.1 Å². The molecule has 0 aliphatic heterocycles. The Morgan fingerprint density at radius 1 is 0.463 bits per heavy atom. The maximum atomic E-state index is 14.9. The van der Waals surface area contributed by atoms with E-state index >= 15 is 0 Å². The fraction of sp³-hybridized carbons (Fsp3) is 0.0303. The van der Waals surface area contributed by atoms with Gasteiger partial charge in [-0.3, -0.25) is 9.97 Å². The Hall–Kier alpha value is -4.88. The van der Waals surface area contributed by atoms with Crippen LogP contribution in [0.25, 0.3) is 22.5 Å². The predicted octanol–water partition coefficient (Wildman–Crippen LogP) is 8.05. The van der Waals surface area contributed by atoms with Gasteiger partial charge in [0.2, 0.25) is 17.8 Å². The van der Waals surface area contributed by atoms with E-state index in [2.05, 4.69) is 9.97 Å². The molecule has 0 N–H and O–H groups in total. The highest BCUT2D eigenvalue weighted by atomic mass is 35.5. The van der Waals surface area contributed by atoms with Crippen molar-refractivity contribution in [3.05, 3.63) is 167 Å². The quantitative estimate of drug-likeness (QED) is 0.192. The minimum absolute atomic E-state index is 0.0360. The minimum atomic E-state index is -1.12. The molecule has 6 rings (SSSR count). The van der Waals surface area contributed by atoms with Crippen molar-refractivity contribution >= 4 is 11.6 Å². The van der Waals surface area contributed by atoms with Gasteiger partial charge in [-0.1, -0.05) is 84.4 Å². The second kappa shape index (κ2) is 10.9. The van der Waals surface area contributed by atoms with E-state index in [1.54, 1.807) is 24.3 Å². The van der Waals surface area contributed by atoms with Gasteiger partial charge in [-0.25, -0.2) is 4.98 Å². The number of halogens is 4. The van der Waals surface area contributed by atoms with Crippen LogP contribution in [0.2, 0.25) is 5.15 Å². The third-order valence-electron chi connectivity index (χ3n) is 6.86. The zero-order valence-electron chi connectivity index (χ0n) is 21.3. The van der Waals surface area contributed by atoms with Crippen molar-refractivity contribution < 1.29 is 13.2 Å².